The zero-order valence-corrected chi connectivity index (χ0v) is 10.5. The lowest BCUT2D eigenvalue weighted by atomic mass is 10.1. The van der Waals surface area contributed by atoms with Gasteiger partial charge in [-0.3, -0.25) is 14.5 Å². The molecule has 0 saturated carbocycles. The molecule has 0 bridgehead atoms. The Morgan fingerprint density at radius 1 is 1.21 bits per heavy atom. The Morgan fingerprint density at radius 3 is 2.16 bits per heavy atom. The number of rotatable bonds is 4. The van der Waals surface area contributed by atoms with Gasteiger partial charge in [-0.05, 0) is 19.1 Å². The van der Waals surface area contributed by atoms with Crippen molar-refractivity contribution in [3.05, 3.63) is 35.4 Å². The van der Waals surface area contributed by atoms with Crippen LogP contribution in [0, 0.1) is 0 Å². The van der Waals surface area contributed by atoms with Crippen LogP contribution in [-0.4, -0.2) is 52.4 Å². The van der Waals surface area contributed by atoms with Crippen LogP contribution >= 0.6 is 0 Å². The van der Waals surface area contributed by atoms with Gasteiger partial charge in [0.05, 0.1) is 11.1 Å². The largest absolute Gasteiger partial charge is 0.465 e. The molecule has 0 aliphatic carbocycles. The highest BCUT2D eigenvalue weighted by atomic mass is 16.4. The number of hydrogen-bond acceptors (Lipinski definition) is 3. The van der Waals surface area contributed by atoms with Crippen LogP contribution in [0.4, 0.5) is 4.79 Å². The molecule has 0 fully saturated rings. The highest BCUT2D eigenvalue weighted by Crippen LogP contribution is 2.21. The third kappa shape index (κ3) is 2.29. The van der Waals surface area contributed by atoms with Crippen LogP contribution in [0.5, 0.6) is 0 Å². The average molecular weight is 262 g/mol. The summed E-state index contributed by atoms with van der Waals surface area (Å²) < 4.78 is 0. The van der Waals surface area contributed by atoms with Gasteiger partial charge in [-0.15, -0.1) is 0 Å². The van der Waals surface area contributed by atoms with E-state index in [1.54, 1.807) is 31.2 Å². The standard InChI is InChI=1S/C13H14N2O4/c1-2-14(13(18)19)7-8-15-11(16)9-5-3-4-6-10(9)12(15)17/h3-6H,2,7-8H2,1H3,(H,18,19). The van der Waals surface area contributed by atoms with Gasteiger partial charge in [-0.2, -0.15) is 0 Å². The number of likely N-dealkylation sites (N-methyl/N-ethyl adjacent to an activating group) is 1. The molecule has 0 spiro atoms. The Labute approximate surface area is 110 Å². The zero-order chi connectivity index (χ0) is 14.0. The first-order valence-electron chi connectivity index (χ1n) is 5.99. The topological polar surface area (TPSA) is 77.9 Å². The van der Waals surface area contributed by atoms with Crippen molar-refractivity contribution < 1.29 is 19.5 Å². The first kappa shape index (κ1) is 13.1. The first-order valence-corrected chi connectivity index (χ1v) is 5.99. The molecule has 19 heavy (non-hydrogen) atoms. The third-order valence-corrected chi connectivity index (χ3v) is 3.12. The normalized spacial score (nSPS) is 13.6. The first-order chi connectivity index (χ1) is 9.06. The molecule has 1 N–H and O–H groups in total. The molecule has 3 amide bonds. The van der Waals surface area contributed by atoms with E-state index >= 15 is 0 Å². The molecule has 1 aromatic rings. The smallest absolute Gasteiger partial charge is 0.407 e. The van der Waals surface area contributed by atoms with E-state index in [-0.39, 0.29) is 24.9 Å². The lowest BCUT2D eigenvalue weighted by Gasteiger charge is -2.20. The number of carboxylic acid groups (broad SMARTS) is 1. The SMILES string of the molecule is CCN(CCN1C(=O)c2ccccc2C1=O)C(=O)O. The Hall–Kier alpha value is -2.37. The van der Waals surface area contributed by atoms with Gasteiger partial charge in [0.25, 0.3) is 11.8 Å². The van der Waals surface area contributed by atoms with Crippen LogP contribution < -0.4 is 0 Å². The lowest BCUT2D eigenvalue weighted by molar-refractivity contribution is 0.0632. The molecule has 100 valence electrons. The minimum atomic E-state index is -1.06. The summed E-state index contributed by atoms with van der Waals surface area (Å²) in [5.74, 6) is -0.718. The Balaban J connectivity index is 2.10. The van der Waals surface area contributed by atoms with E-state index in [0.717, 1.165) is 9.80 Å². The van der Waals surface area contributed by atoms with Gasteiger partial charge < -0.3 is 10.0 Å². The second-order valence-electron chi connectivity index (χ2n) is 4.17. The van der Waals surface area contributed by atoms with Crippen LogP contribution in [0.1, 0.15) is 27.6 Å². The number of imide groups is 1. The summed E-state index contributed by atoms with van der Waals surface area (Å²) in [7, 11) is 0. The van der Waals surface area contributed by atoms with Gasteiger partial charge in [-0.1, -0.05) is 12.1 Å². The third-order valence-electron chi connectivity index (χ3n) is 3.12. The molecule has 1 heterocycles. The van der Waals surface area contributed by atoms with E-state index < -0.39 is 6.09 Å². The van der Waals surface area contributed by atoms with Crippen molar-refractivity contribution in [2.75, 3.05) is 19.6 Å². The molecule has 0 radical (unpaired) electrons. The highest BCUT2D eigenvalue weighted by Gasteiger charge is 2.35. The maximum absolute atomic E-state index is 12.0. The fraction of sp³-hybridized carbons (Fsp3) is 0.308. The number of hydrogen-bond donors (Lipinski definition) is 1. The molecule has 6 heteroatoms. The van der Waals surface area contributed by atoms with Crippen LogP contribution in [0.2, 0.25) is 0 Å². The predicted molar refractivity (Wildman–Crippen MR) is 67.1 cm³/mol. The van der Waals surface area contributed by atoms with Crippen molar-refractivity contribution in [1.29, 1.82) is 0 Å². The molecule has 1 aliphatic rings. The van der Waals surface area contributed by atoms with Crippen LogP contribution in [-0.2, 0) is 0 Å². The molecule has 0 atom stereocenters. The van der Waals surface area contributed by atoms with Crippen LogP contribution in [0.3, 0.4) is 0 Å². The van der Waals surface area contributed by atoms with Crippen LogP contribution in [0.25, 0.3) is 0 Å². The van der Waals surface area contributed by atoms with Crippen molar-refractivity contribution in [2.24, 2.45) is 0 Å². The Morgan fingerprint density at radius 2 is 1.74 bits per heavy atom. The number of carbonyl (C=O) groups is 3. The molecule has 1 aromatic carbocycles. The van der Waals surface area contributed by atoms with Crippen LogP contribution in [0.15, 0.2) is 24.3 Å². The summed E-state index contributed by atoms with van der Waals surface area (Å²) in [4.78, 5) is 37.1. The van der Waals surface area contributed by atoms with Gasteiger partial charge in [0.1, 0.15) is 0 Å². The molecule has 6 nitrogen and oxygen atoms in total. The number of nitrogens with zero attached hydrogens (tertiary/aromatic N) is 2. The average Bonchev–Trinajstić information content (AvgIpc) is 2.64. The summed E-state index contributed by atoms with van der Waals surface area (Å²) in [6.45, 7) is 2.22. The minimum absolute atomic E-state index is 0.0759. The Kier molecular flexibility index (Phi) is 3.50. The van der Waals surface area contributed by atoms with E-state index in [4.69, 9.17) is 5.11 Å². The van der Waals surface area contributed by atoms with E-state index in [9.17, 15) is 14.4 Å². The van der Waals surface area contributed by atoms with Gasteiger partial charge in [-0.25, -0.2) is 4.79 Å². The van der Waals surface area contributed by atoms with Gasteiger partial charge >= 0.3 is 6.09 Å². The number of benzene rings is 1. The summed E-state index contributed by atoms with van der Waals surface area (Å²) in [5, 5.41) is 8.89. The lowest BCUT2D eigenvalue weighted by Crippen LogP contribution is -2.40. The predicted octanol–water partition coefficient (Wildman–Crippen LogP) is 1.28. The van der Waals surface area contributed by atoms with E-state index in [0.29, 0.717) is 17.7 Å². The molecule has 2 rings (SSSR count). The quantitative estimate of drug-likeness (QED) is 0.829. The summed E-state index contributed by atoms with van der Waals surface area (Å²) in [6, 6.07) is 6.60. The van der Waals surface area contributed by atoms with Crippen molar-refractivity contribution in [2.45, 2.75) is 6.92 Å². The van der Waals surface area contributed by atoms with E-state index in [1.807, 2.05) is 0 Å². The number of amides is 3. The Bertz CT molecular complexity index is 506. The molecule has 0 unspecified atom stereocenters. The fourth-order valence-corrected chi connectivity index (χ4v) is 2.05. The number of fused-ring (bicyclic) bond motifs is 1. The molecule has 1 aliphatic heterocycles. The molecular weight excluding hydrogens is 248 g/mol. The summed E-state index contributed by atoms with van der Waals surface area (Å²) >= 11 is 0. The maximum Gasteiger partial charge on any atom is 0.407 e. The van der Waals surface area contributed by atoms with Gasteiger partial charge in [0.2, 0.25) is 0 Å². The molecular formula is C13H14N2O4. The van der Waals surface area contributed by atoms with Crippen molar-refractivity contribution >= 4 is 17.9 Å². The summed E-state index contributed by atoms with van der Waals surface area (Å²) in [5.41, 5.74) is 0.761. The van der Waals surface area contributed by atoms with Crippen molar-refractivity contribution in [3.8, 4) is 0 Å². The molecule has 0 aromatic heterocycles. The number of carbonyl (C=O) groups excluding carboxylic acids is 2. The van der Waals surface area contributed by atoms with Crippen molar-refractivity contribution in [1.82, 2.24) is 9.80 Å². The highest BCUT2D eigenvalue weighted by molar-refractivity contribution is 6.21. The van der Waals surface area contributed by atoms with Gasteiger partial charge in [0.15, 0.2) is 0 Å². The second kappa shape index (κ2) is 5.09. The zero-order valence-electron chi connectivity index (χ0n) is 10.5. The van der Waals surface area contributed by atoms with Gasteiger partial charge in [0, 0.05) is 19.6 Å². The molecule has 0 saturated heterocycles. The van der Waals surface area contributed by atoms with E-state index in [1.165, 1.54) is 0 Å². The maximum atomic E-state index is 12.0. The minimum Gasteiger partial charge on any atom is -0.465 e. The van der Waals surface area contributed by atoms with Crippen molar-refractivity contribution in [3.63, 3.8) is 0 Å². The van der Waals surface area contributed by atoms with E-state index in [2.05, 4.69) is 0 Å². The fourth-order valence-electron chi connectivity index (χ4n) is 2.05. The summed E-state index contributed by atoms with van der Waals surface area (Å²) in [6.07, 6.45) is -1.06. The second-order valence-corrected chi connectivity index (χ2v) is 4.17. The monoisotopic (exact) mass is 262 g/mol.